The Morgan fingerprint density at radius 1 is 1.32 bits per heavy atom. The minimum Gasteiger partial charge on any atom is -0.362 e. The van der Waals surface area contributed by atoms with Gasteiger partial charge in [0.15, 0.2) is 5.82 Å². The second kappa shape index (κ2) is 5.83. The van der Waals surface area contributed by atoms with Gasteiger partial charge in [0.2, 0.25) is 10.0 Å². The van der Waals surface area contributed by atoms with Gasteiger partial charge < -0.3 is 5.32 Å². The second-order valence-electron chi connectivity index (χ2n) is 4.33. The zero-order valence-electron chi connectivity index (χ0n) is 11.2. The van der Waals surface area contributed by atoms with Gasteiger partial charge in [-0.3, -0.25) is 5.10 Å². The van der Waals surface area contributed by atoms with E-state index in [1.165, 1.54) is 29.7 Å². The molecule has 0 bridgehead atoms. The van der Waals surface area contributed by atoms with Crippen molar-refractivity contribution in [3.63, 3.8) is 0 Å². The molecule has 0 fully saturated rings. The Bertz CT molecular complexity index is 873. The molecule has 0 aromatic carbocycles. The Morgan fingerprint density at radius 2 is 2.18 bits per heavy atom. The summed E-state index contributed by atoms with van der Waals surface area (Å²) in [6.07, 6.45) is 1.48. The molecule has 0 aliphatic heterocycles. The quantitative estimate of drug-likeness (QED) is 0.642. The molecule has 0 amide bonds. The first-order valence-corrected chi connectivity index (χ1v) is 8.63. The monoisotopic (exact) mass is 336 g/mol. The number of sulfonamides is 1. The van der Waals surface area contributed by atoms with E-state index in [1.807, 2.05) is 17.5 Å². The van der Waals surface area contributed by atoms with E-state index < -0.39 is 10.0 Å². The third-order valence-corrected chi connectivity index (χ3v) is 4.58. The summed E-state index contributed by atoms with van der Waals surface area (Å²) in [6, 6.07) is 6.74. The van der Waals surface area contributed by atoms with Gasteiger partial charge in [0.1, 0.15) is 16.5 Å². The first-order chi connectivity index (χ1) is 10.5. The summed E-state index contributed by atoms with van der Waals surface area (Å²) in [5.74, 6) is 1.34. The third kappa shape index (κ3) is 3.13. The summed E-state index contributed by atoms with van der Waals surface area (Å²) in [4.78, 5) is 9.21. The van der Waals surface area contributed by atoms with Gasteiger partial charge in [0, 0.05) is 6.20 Å². The minimum atomic E-state index is -3.84. The predicted molar refractivity (Wildman–Crippen MR) is 82.6 cm³/mol. The summed E-state index contributed by atoms with van der Waals surface area (Å²) >= 11 is 1.54. The molecule has 0 aliphatic rings. The van der Waals surface area contributed by atoms with Crippen LogP contribution in [0.3, 0.4) is 0 Å². The summed E-state index contributed by atoms with van der Waals surface area (Å²) in [5.41, 5.74) is 0. The van der Waals surface area contributed by atoms with Crippen LogP contribution in [-0.2, 0) is 16.6 Å². The first kappa shape index (κ1) is 14.6. The van der Waals surface area contributed by atoms with E-state index in [0.29, 0.717) is 11.6 Å². The number of aromatic amines is 1. The van der Waals surface area contributed by atoms with E-state index in [1.54, 1.807) is 0 Å². The lowest BCUT2D eigenvalue weighted by molar-refractivity contribution is 0.597. The van der Waals surface area contributed by atoms with Crippen molar-refractivity contribution in [3.05, 3.63) is 41.7 Å². The number of rotatable bonds is 5. The van der Waals surface area contributed by atoms with Gasteiger partial charge >= 0.3 is 0 Å². The fraction of sp³-hybridized carbons (Fsp3) is 0.0833. The van der Waals surface area contributed by atoms with Crippen LogP contribution in [0.1, 0.15) is 5.82 Å². The average molecular weight is 336 g/mol. The molecule has 4 N–H and O–H groups in total. The van der Waals surface area contributed by atoms with E-state index in [-0.39, 0.29) is 17.3 Å². The molecule has 10 heteroatoms. The predicted octanol–water partition coefficient (Wildman–Crippen LogP) is 1.19. The number of nitrogens with zero attached hydrogens (tertiary/aromatic N) is 3. The number of thiophene rings is 1. The molecule has 3 aromatic rings. The van der Waals surface area contributed by atoms with Crippen LogP contribution in [0.5, 0.6) is 0 Å². The third-order valence-electron chi connectivity index (χ3n) is 2.77. The number of nitrogens with one attached hydrogen (secondary N) is 2. The van der Waals surface area contributed by atoms with Crippen molar-refractivity contribution >= 4 is 27.2 Å². The Morgan fingerprint density at radius 3 is 2.91 bits per heavy atom. The van der Waals surface area contributed by atoms with E-state index in [2.05, 4.69) is 25.5 Å². The largest absolute Gasteiger partial charge is 0.362 e. The number of hydrogen-bond acceptors (Lipinski definition) is 7. The normalized spacial score (nSPS) is 11.5. The van der Waals surface area contributed by atoms with Crippen LogP contribution in [0.4, 0.5) is 5.82 Å². The zero-order chi connectivity index (χ0) is 15.6. The summed E-state index contributed by atoms with van der Waals surface area (Å²) in [7, 11) is -3.84. The van der Waals surface area contributed by atoms with Gasteiger partial charge in [-0.2, -0.15) is 5.10 Å². The van der Waals surface area contributed by atoms with Crippen LogP contribution in [0.2, 0.25) is 0 Å². The van der Waals surface area contributed by atoms with E-state index in [4.69, 9.17) is 5.14 Å². The van der Waals surface area contributed by atoms with Gasteiger partial charge in [-0.1, -0.05) is 6.07 Å². The van der Waals surface area contributed by atoms with Crippen LogP contribution in [0.25, 0.3) is 10.7 Å². The smallest absolute Gasteiger partial charge is 0.241 e. The molecule has 0 atom stereocenters. The fourth-order valence-electron chi connectivity index (χ4n) is 1.81. The van der Waals surface area contributed by atoms with Crippen LogP contribution in [0, 0.1) is 0 Å². The lowest BCUT2D eigenvalue weighted by atomic mass is 10.4. The minimum absolute atomic E-state index is 0.0620. The fourth-order valence-corrected chi connectivity index (χ4v) is 3.13. The van der Waals surface area contributed by atoms with Gasteiger partial charge in [0.05, 0.1) is 11.4 Å². The highest BCUT2D eigenvalue weighted by Gasteiger charge is 2.15. The van der Waals surface area contributed by atoms with Crippen LogP contribution in [-0.4, -0.2) is 28.6 Å². The maximum absolute atomic E-state index is 11.5. The number of primary sulfonamides is 1. The molecule has 0 unspecified atom stereocenters. The number of pyridine rings is 1. The maximum atomic E-state index is 11.5. The van der Waals surface area contributed by atoms with Gasteiger partial charge in [0.25, 0.3) is 0 Å². The Hall–Kier alpha value is -2.30. The van der Waals surface area contributed by atoms with E-state index >= 15 is 0 Å². The van der Waals surface area contributed by atoms with Crippen molar-refractivity contribution < 1.29 is 8.42 Å². The SMILES string of the molecule is NS(=O)(=O)c1cccnc1NCc1nc(-c2cccs2)n[nH]1. The standard InChI is InChI=1S/C12H12N6O2S2/c13-22(19,20)9-4-1-5-14-12(9)15-7-10-16-11(18-17-10)8-3-2-6-21-8/h1-6H,7H2,(H,14,15)(H2,13,19,20)(H,16,17,18). The van der Waals surface area contributed by atoms with Crippen LogP contribution < -0.4 is 10.5 Å². The first-order valence-electron chi connectivity index (χ1n) is 6.21. The highest BCUT2D eigenvalue weighted by molar-refractivity contribution is 7.89. The molecular formula is C12H12N6O2S2. The van der Waals surface area contributed by atoms with Crippen molar-refractivity contribution in [2.75, 3.05) is 5.32 Å². The number of anilines is 1. The Balaban J connectivity index is 1.77. The number of nitrogens with two attached hydrogens (primary N) is 1. The van der Waals surface area contributed by atoms with Gasteiger partial charge in [-0.25, -0.2) is 23.5 Å². The highest BCUT2D eigenvalue weighted by atomic mass is 32.2. The molecule has 0 saturated heterocycles. The molecule has 8 nitrogen and oxygen atoms in total. The molecular weight excluding hydrogens is 324 g/mol. The molecule has 0 radical (unpaired) electrons. The summed E-state index contributed by atoms with van der Waals surface area (Å²) in [6.45, 7) is 0.248. The Labute approximate surface area is 130 Å². The highest BCUT2D eigenvalue weighted by Crippen LogP contribution is 2.21. The van der Waals surface area contributed by atoms with Gasteiger partial charge in [-0.05, 0) is 23.6 Å². The Kier molecular flexibility index (Phi) is 3.88. The molecule has 0 saturated carbocycles. The molecule has 114 valence electrons. The number of hydrogen-bond donors (Lipinski definition) is 3. The van der Waals surface area contributed by atoms with Crippen molar-refractivity contribution in [2.45, 2.75) is 11.4 Å². The summed E-state index contributed by atoms with van der Waals surface area (Å²) in [5, 5.41) is 16.9. The zero-order valence-corrected chi connectivity index (χ0v) is 12.9. The molecule has 3 aromatic heterocycles. The second-order valence-corrected chi connectivity index (χ2v) is 6.81. The number of aromatic nitrogens is 4. The maximum Gasteiger partial charge on any atom is 0.241 e. The summed E-state index contributed by atoms with van der Waals surface area (Å²) < 4.78 is 23.0. The van der Waals surface area contributed by atoms with Crippen molar-refractivity contribution in [1.82, 2.24) is 20.2 Å². The van der Waals surface area contributed by atoms with Crippen LogP contribution >= 0.6 is 11.3 Å². The topological polar surface area (TPSA) is 127 Å². The molecule has 3 heterocycles. The van der Waals surface area contributed by atoms with Crippen LogP contribution in [0.15, 0.2) is 40.7 Å². The molecule has 0 aliphatic carbocycles. The van der Waals surface area contributed by atoms with Crippen molar-refractivity contribution in [2.24, 2.45) is 5.14 Å². The average Bonchev–Trinajstić information content (AvgIpc) is 3.15. The van der Waals surface area contributed by atoms with Crippen molar-refractivity contribution in [3.8, 4) is 10.7 Å². The number of H-pyrrole nitrogens is 1. The molecule has 3 rings (SSSR count). The van der Waals surface area contributed by atoms with E-state index in [0.717, 1.165) is 4.88 Å². The van der Waals surface area contributed by atoms with Gasteiger partial charge in [-0.15, -0.1) is 11.3 Å². The molecule has 0 spiro atoms. The van der Waals surface area contributed by atoms with Crippen molar-refractivity contribution in [1.29, 1.82) is 0 Å². The van der Waals surface area contributed by atoms with E-state index in [9.17, 15) is 8.42 Å². The lowest BCUT2D eigenvalue weighted by Crippen LogP contribution is -2.16. The molecule has 22 heavy (non-hydrogen) atoms. The lowest BCUT2D eigenvalue weighted by Gasteiger charge is -2.07.